The van der Waals surface area contributed by atoms with E-state index in [1.807, 2.05) is 55.5 Å². The van der Waals surface area contributed by atoms with Gasteiger partial charge >= 0.3 is 0 Å². The van der Waals surface area contributed by atoms with Crippen LogP contribution in [0.2, 0.25) is 0 Å². The first-order valence-electron chi connectivity index (χ1n) is 5.49. The van der Waals surface area contributed by atoms with E-state index < -0.39 is 0 Å². The van der Waals surface area contributed by atoms with E-state index in [0.717, 1.165) is 17.7 Å². The third-order valence-corrected chi connectivity index (χ3v) is 2.49. The Morgan fingerprint density at radius 1 is 1.12 bits per heavy atom. The number of rotatable bonds is 4. The molecular formula is C14H14N2O. The summed E-state index contributed by atoms with van der Waals surface area (Å²) < 4.78 is 0. The summed E-state index contributed by atoms with van der Waals surface area (Å²) in [5.74, 6) is 0.684. The van der Waals surface area contributed by atoms with E-state index in [0.29, 0.717) is 12.4 Å². The molecule has 0 radical (unpaired) electrons. The number of carbonyl (C=O) groups is 1. The molecule has 0 atom stereocenters. The number of aryl methyl sites for hydroxylation is 1. The molecule has 1 heterocycles. The number of pyridine rings is 1. The smallest absolute Gasteiger partial charge is 0.215 e. The summed E-state index contributed by atoms with van der Waals surface area (Å²) in [4.78, 5) is 17.0. The Bertz CT molecular complexity index is 497. The topological polar surface area (TPSA) is 33.2 Å². The van der Waals surface area contributed by atoms with E-state index in [-0.39, 0.29) is 0 Å². The number of nitrogens with zero attached hydrogens (tertiary/aromatic N) is 2. The molecule has 3 nitrogen and oxygen atoms in total. The Balaban J connectivity index is 2.20. The number of hydrogen-bond acceptors (Lipinski definition) is 2. The highest BCUT2D eigenvalue weighted by Gasteiger charge is 2.07. The third kappa shape index (κ3) is 2.91. The predicted molar refractivity (Wildman–Crippen MR) is 67.7 cm³/mol. The molecule has 86 valence electrons. The molecule has 0 N–H and O–H groups in total. The fraction of sp³-hybridized carbons (Fsp3) is 0.143. The molecule has 0 spiro atoms. The molecule has 0 aliphatic heterocycles. The Morgan fingerprint density at radius 2 is 1.88 bits per heavy atom. The van der Waals surface area contributed by atoms with Crippen LogP contribution in [0.4, 0.5) is 5.82 Å². The van der Waals surface area contributed by atoms with Gasteiger partial charge in [-0.2, -0.15) is 0 Å². The van der Waals surface area contributed by atoms with Crippen LogP contribution in [-0.4, -0.2) is 11.4 Å². The summed E-state index contributed by atoms with van der Waals surface area (Å²) in [5, 5.41) is 0. The van der Waals surface area contributed by atoms with E-state index >= 15 is 0 Å². The monoisotopic (exact) mass is 226 g/mol. The van der Waals surface area contributed by atoms with Crippen molar-refractivity contribution >= 4 is 12.2 Å². The van der Waals surface area contributed by atoms with Crippen molar-refractivity contribution in [2.75, 3.05) is 4.90 Å². The van der Waals surface area contributed by atoms with Crippen LogP contribution in [-0.2, 0) is 11.3 Å². The lowest BCUT2D eigenvalue weighted by Gasteiger charge is -2.16. The Labute approximate surface area is 101 Å². The van der Waals surface area contributed by atoms with Crippen molar-refractivity contribution in [3.8, 4) is 0 Å². The van der Waals surface area contributed by atoms with Gasteiger partial charge in [-0.05, 0) is 24.6 Å². The van der Waals surface area contributed by atoms with Crippen molar-refractivity contribution in [3.63, 3.8) is 0 Å². The van der Waals surface area contributed by atoms with Crippen LogP contribution in [0.5, 0.6) is 0 Å². The van der Waals surface area contributed by atoms with Crippen LogP contribution in [0.1, 0.15) is 11.3 Å². The third-order valence-electron chi connectivity index (χ3n) is 2.49. The van der Waals surface area contributed by atoms with Gasteiger partial charge in [0.25, 0.3) is 0 Å². The average Bonchev–Trinajstić information content (AvgIpc) is 2.37. The normalized spacial score (nSPS) is 9.94. The number of hydrogen-bond donors (Lipinski definition) is 0. The Kier molecular flexibility index (Phi) is 3.50. The van der Waals surface area contributed by atoms with Gasteiger partial charge in [-0.25, -0.2) is 4.98 Å². The van der Waals surface area contributed by atoms with Crippen LogP contribution >= 0.6 is 0 Å². The molecular weight excluding hydrogens is 212 g/mol. The predicted octanol–water partition coefficient (Wildman–Crippen LogP) is 2.55. The molecule has 0 aliphatic carbocycles. The van der Waals surface area contributed by atoms with Crippen LogP contribution < -0.4 is 4.90 Å². The van der Waals surface area contributed by atoms with Crippen molar-refractivity contribution in [2.24, 2.45) is 0 Å². The number of aromatic nitrogens is 1. The van der Waals surface area contributed by atoms with Crippen LogP contribution in [0.3, 0.4) is 0 Å². The maximum absolute atomic E-state index is 11.1. The van der Waals surface area contributed by atoms with E-state index in [1.165, 1.54) is 0 Å². The molecule has 0 bridgehead atoms. The summed E-state index contributed by atoms with van der Waals surface area (Å²) in [6.07, 6.45) is 0.814. The zero-order valence-corrected chi connectivity index (χ0v) is 9.71. The number of anilines is 1. The van der Waals surface area contributed by atoms with Crippen molar-refractivity contribution in [3.05, 3.63) is 59.8 Å². The van der Waals surface area contributed by atoms with Crippen molar-refractivity contribution < 1.29 is 4.79 Å². The van der Waals surface area contributed by atoms with Crippen molar-refractivity contribution in [1.82, 2.24) is 4.98 Å². The SMILES string of the molecule is Cc1cccc(N(C=O)Cc2ccccc2)n1. The van der Waals surface area contributed by atoms with Gasteiger partial charge in [-0.15, -0.1) is 0 Å². The van der Waals surface area contributed by atoms with Crippen LogP contribution in [0.25, 0.3) is 0 Å². The van der Waals surface area contributed by atoms with Gasteiger partial charge in [0.1, 0.15) is 5.82 Å². The zero-order chi connectivity index (χ0) is 12.1. The first-order chi connectivity index (χ1) is 8.29. The maximum atomic E-state index is 11.1. The second-order valence-corrected chi connectivity index (χ2v) is 3.86. The molecule has 1 aromatic heterocycles. The van der Waals surface area contributed by atoms with Crippen molar-refractivity contribution in [1.29, 1.82) is 0 Å². The highest BCUT2D eigenvalue weighted by Crippen LogP contribution is 2.13. The Morgan fingerprint density at radius 3 is 2.53 bits per heavy atom. The van der Waals surface area contributed by atoms with Gasteiger partial charge in [-0.1, -0.05) is 36.4 Å². The van der Waals surface area contributed by atoms with Gasteiger partial charge in [0.05, 0.1) is 6.54 Å². The molecule has 3 heteroatoms. The molecule has 0 unspecified atom stereocenters. The van der Waals surface area contributed by atoms with Gasteiger partial charge < -0.3 is 0 Å². The van der Waals surface area contributed by atoms with E-state index in [1.54, 1.807) is 4.90 Å². The minimum absolute atomic E-state index is 0.542. The summed E-state index contributed by atoms with van der Waals surface area (Å²) in [6.45, 7) is 2.45. The first kappa shape index (κ1) is 11.3. The van der Waals surface area contributed by atoms with E-state index in [2.05, 4.69) is 4.98 Å². The highest BCUT2D eigenvalue weighted by molar-refractivity contribution is 5.72. The summed E-state index contributed by atoms with van der Waals surface area (Å²) in [7, 11) is 0. The number of amides is 1. The molecule has 0 aliphatic rings. The largest absolute Gasteiger partial charge is 0.295 e. The molecule has 1 aromatic carbocycles. The van der Waals surface area contributed by atoms with Crippen molar-refractivity contribution in [2.45, 2.75) is 13.5 Å². The maximum Gasteiger partial charge on any atom is 0.215 e. The van der Waals surface area contributed by atoms with Gasteiger partial charge in [0.2, 0.25) is 6.41 Å². The lowest BCUT2D eigenvalue weighted by atomic mass is 10.2. The molecule has 0 saturated carbocycles. The average molecular weight is 226 g/mol. The lowest BCUT2D eigenvalue weighted by molar-refractivity contribution is -0.107. The van der Waals surface area contributed by atoms with E-state index in [9.17, 15) is 4.79 Å². The second-order valence-electron chi connectivity index (χ2n) is 3.86. The molecule has 0 fully saturated rings. The second kappa shape index (κ2) is 5.25. The fourth-order valence-electron chi connectivity index (χ4n) is 1.64. The molecule has 17 heavy (non-hydrogen) atoms. The zero-order valence-electron chi connectivity index (χ0n) is 9.71. The standard InChI is InChI=1S/C14H14N2O/c1-12-6-5-9-14(15-12)16(11-17)10-13-7-3-2-4-8-13/h2-9,11H,10H2,1H3. The first-order valence-corrected chi connectivity index (χ1v) is 5.49. The summed E-state index contributed by atoms with van der Waals surface area (Å²) in [6, 6.07) is 15.5. The minimum Gasteiger partial charge on any atom is -0.295 e. The number of carbonyl (C=O) groups excluding carboxylic acids is 1. The lowest BCUT2D eigenvalue weighted by Crippen LogP contribution is -2.21. The Hall–Kier alpha value is -2.16. The fourth-order valence-corrected chi connectivity index (χ4v) is 1.64. The molecule has 1 amide bonds. The summed E-state index contributed by atoms with van der Waals surface area (Å²) in [5.41, 5.74) is 1.99. The molecule has 2 aromatic rings. The van der Waals surface area contributed by atoms with Crippen LogP contribution in [0.15, 0.2) is 48.5 Å². The van der Waals surface area contributed by atoms with Gasteiger partial charge in [0, 0.05) is 5.69 Å². The van der Waals surface area contributed by atoms with E-state index in [4.69, 9.17) is 0 Å². The number of benzene rings is 1. The van der Waals surface area contributed by atoms with Crippen LogP contribution in [0, 0.1) is 6.92 Å². The molecule has 0 saturated heterocycles. The highest BCUT2D eigenvalue weighted by atomic mass is 16.1. The quantitative estimate of drug-likeness (QED) is 0.751. The summed E-state index contributed by atoms with van der Waals surface area (Å²) >= 11 is 0. The van der Waals surface area contributed by atoms with Gasteiger partial charge in [0.15, 0.2) is 0 Å². The minimum atomic E-state index is 0.542. The molecule has 2 rings (SSSR count). The van der Waals surface area contributed by atoms with Gasteiger partial charge in [-0.3, -0.25) is 9.69 Å².